The van der Waals surface area contributed by atoms with Crippen LogP contribution in [0, 0.1) is 16.7 Å². The summed E-state index contributed by atoms with van der Waals surface area (Å²) in [5.41, 5.74) is 9.09. The van der Waals surface area contributed by atoms with E-state index in [2.05, 4.69) is 15.8 Å². The number of piperidine rings is 1. The van der Waals surface area contributed by atoms with Crippen LogP contribution in [0.3, 0.4) is 0 Å². The molecule has 2 rings (SSSR count). The van der Waals surface area contributed by atoms with E-state index in [0.29, 0.717) is 18.8 Å². The SMILES string of the molecule is CC(C)(C)OC(=O)N1CCCC(NCc2ccc(N/N=C(\C#N)C(=N)N)cc2)C1. The van der Waals surface area contributed by atoms with Crippen molar-refractivity contribution in [2.45, 2.75) is 51.8 Å². The Morgan fingerprint density at radius 2 is 2.10 bits per heavy atom. The second-order valence-corrected chi connectivity index (χ2v) is 7.94. The van der Waals surface area contributed by atoms with Crippen LogP contribution in [0.2, 0.25) is 0 Å². The van der Waals surface area contributed by atoms with Crippen molar-refractivity contribution in [1.82, 2.24) is 10.2 Å². The minimum Gasteiger partial charge on any atom is -0.444 e. The Labute approximate surface area is 171 Å². The van der Waals surface area contributed by atoms with Crippen LogP contribution in [0.1, 0.15) is 39.2 Å². The number of nitrogens with one attached hydrogen (secondary N) is 3. The quantitative estimate of drug-likeness (QED) is 0.329. The van der Waals surface area contributed by atoms with Gasteiger partial charge in [-0.05, 0) is 51.3 Å². The summed E-state index contributed by atoms with van der Waals surface area (Å²) in [4.78, 5) is 14.0. The molecule has 5 N–H and O–H groups in total. The molecule has 1 amide bonds. The molecule has 156 valence electrons. The van der Waals surface area contributed by atoms with Gasteiger partial charge in [-0.3, -0.25) is 10.8 Å². The third-order valence-electron chi connectivity index (χ3n) is 4.28. The highest BCUT2D eigenvalue weighted by Gasteiger charge is 2.27. The van der Waals surface area contributed by atoms with E-state index in [1.165, 1.54) is 0 Å². The number of benzene rings is 1. The van der Waals surface area contributed by atoms with Crippen LogP contribution in [0.4, 0.5) is 10.5 Å². The van der Waals surface area contributed by atoms with Crippen molar-refractivity contribution in [2.24, 2.45) is 10.8 Å². The van der Waals surface area contributed by atoms with Gasteiger partial charge in [-0.1, -0.05) is 12.1 Å². The fourth-order valence-electron chi connectivity index (χ4n) is 2.86. The third kappa shape index (κ3) is 7.43. The molecule has 0 aliphatic carbocycles. The van der Waals surface area contributed by atoms with Gasteiger partial charge >= 0.3 is 6.09 Å². The minimum absolute atomic E-state index is 0.164. The molecule has 29 heavy (non-hydrogen) atoms. The maximum Gasteiger partial charge on any atom is 0.410 e. The maximum atomic E-state index is 12.3. The number of likely N-dealkylation sites (tertiary alicyclic amines) is 1. The van der Waals surface area contributed by atoms with Gasteiger partial charge < -0.3 is 20.7 Å². The van der Waals surface area contributed by atoms with Crippen LogP contribution in [-0.4, -0.2) is 47.3 Å². The predicted molar refractivity (Wildman–Crippen MR) is 113 cm³/mol. The molecule has 0 radical (unpaired) electrons. The molecule has 1 saturated heterocycles. The molecule has 1 atom stereocenters. The normalized spacial score (nSPS) is 17.4. The molecular formula is C20H29N7O2. The van der Waals surface area contributed by atoms with Crippen molar-refractivity contribution < 1.29 is 9.53 Å². The van der Waals surface area contributed by atoms with Crippen LogP contribution >= 0.6 is 0 Å². The second kappa shape index (κ2) is 9.89. The Morgan fingerprint density at radius 3 is 2.69 bits per heavy atom. The van der Waals surface area contributed by atoms with E-state index in [4.69, 9.17) is 21.1 Å². The van der Waals surface area contributed by atoms with Gasteiger partial charge in [-0.15, -0.1) is 0 Å². The Bertz CT molecular complexity index is 791. The smallest absolute Gasteiger partial charge is 0.410 e. The Kier molecular flexibility index (Phi) is 7.56. The molecule has 1 aromatic carbocycles. The summed E-state index contributed by atoms with van der Waals surface area (Å²) in [6.45, 7) is 7.64. The van der Waals surface area contributed by atoms with Crippen molar-refractivity contribution >= 4 is 23.3 Å². The van der Waals surface area contributed by atoms with E-state index < -0.39 is 5.60 Å². The van der Waals surface area contributed by atoms with Gasteiger partial charge in [-0.25, -0.2) is 4.79 Å². The van der Waals surface area contributed by atoms with Crippen LogP contribution in [0.5, 0.6) is 0 Å². The summed E-state index contributed by atoms with van der Waals surface area (Å²) in [5.74, 6) is -0.381. The number of rotatable bonds is 6. The van der Waals surface area contributed by atoms with Crippen LogP contribution in [-0.2, 0) is 11.3 Å². The Morgan fingerprint density at radius 1 is 1.41 bits per heavy atom. The summed E-state index contributed by atoms with van der Waals surface area (Å²) < 4.78 is 5.46. The molecule has 1 aliphatic rings. The molecule has 0 saturated carbocycles. The van der Waals surface area contributed by atoms with Crippen molar-refractivity contribution in [2.75, 3.05) is 18.5 Å². The molecule has 9 heteroatoms. The van der Waals surface area contributed by atoms with Crippen molar-refractivity contribution in [1.29, 1.82) is 10.7 Å². The standard InChI is InChI=1S/C20H29N7O2/c1-20(2,3)29-19(28)27-10-4-5-16(13-27)24-12-14-6-8-15(9-7-14)25-26-17(11-21)18(22)23/h6-9,16,24-25H,4-5,10,12-13H2,1-3H3,(H3,22,23)/b26-17+. The lowest BCUT2D eigenvalue weighted by Crippen LogP contribution is -2.49. The van der Waals surface area contributed by atoms with E-state index in [0.717, 1.165) is 24.9 Å². The van der Waals surface area contributed by atoms with E-state index >= 15 is 0 Å². The van der Waals surface area contributed by atoms with Crippen LogP contribution in [0.25, 0.3) is 0 Å². The van der Waals surface area contributed by atoms with Crippen molar-refractivity contribution in [3.05, 3.63) is 29.8 Å². The lowest BCUT2D eigenvalue weighted by Gasteiger charge is -2.34. The summed E-state index contributed by atoms with van der Waals surface area (Å²) >= 11 is 0. The largest absolute Gasteiger partial charge is 0.444 e. The Balaban J connectivity index is 1.84. The first kappa shape index (κ1) is 22.2. The van der Waals surface area contributed by atoms with Gasteiger partial charge in [0.15, 0.2) is 5.84 Å². The topological polar surface area (TPSA) is 140 Å². The molecule has 1 fully saturated rings. The number of amides is 1. The second-order valence-electron chi connectivity index (χ2n) is 7.94. The van der Waals surface area contributed by atoms with Gasteiger partial charge in [0.05, 0.1) is 5.69 Å². The predicted octanol–water partition coefficient (Wildman–Crippen LogP) is 2.40. The van der Waals surface area contributed by atoms with Crippen molar-refractivity contribution in [3.8, 4) is 6.07 Å². The van der Waals surface area contributed by atoms with Gasteiger partial charge in [0.25, 0.3) is 0 Å². The summed E-state index contributed by atoms with van der Waals surface area (Å²) in [7, 11) is 0. The third-order valence-corrected chi connectivity index (χ3v) is 4.28. The van der Waals surface area contributed by atoms with Gasteiger partial charge in [0.2, 0.25) is 5.71 Å². The number of hydrogen-bond acceptors (Lipinski definition) is 7. The number of nitrogens with two attached hydrogens (primary N) is 1. The first-order valence-corrected chi connectivity index (χ1v) is 9.56. The number of nitriles is 1. The van der Waals surface area contributed by atoms with E-state index in [9.17, 15) is 4.79 Å². The van der Waals surface area contributed by atoms with Gasteiger partial charge in [0, 0.05) is 25.7 Å². The highest BCUT2D eigenvalue weighted by atomic mass is 16.6. The zero-order valence-corrected chi connectivity index (χ0v) is 17.2. The zero-order valence-electron chi connectivity index (χ0n) is 17.2. The zero-order chi connectivity index (χ0) is 21.4. The van der Waals surface area contributed by atoms with Crippen molar-refractivity contribution in [3.63, 3.8) is 0 Å². The first-order chi connectivity index (χ1) is 13.7. The average molecular weight is 399 g/mol. The van der Waals surface area contributed by atoms with E-state index in [-0.39, 0.29) is 23.7 Å². The van der Waals surface area contributed by atoms with Crippen LogP contribution in [0.15, 0.2) is 29.4 Å². The fraction of sp³-hybridized carbons (Fsp3) is 0.500. The molecule has 1 aromatic rings. The maximum absolute atomic E-state index is 12.3. The molecule has 0 spiro atoms. The lowest BCUT2D eigenvalue weighted by molar-refractivity contribution is 0.0187. The van der Waals surface area contributed by atoms with E-state index in [1.807, 2.05) is 45.0 Å². The molecule has 0 aromatic heterocycles. The van der Waals surface area contributed by atoms with Crippen LogP contribution < -0.4 is 16.5 Å². The Hall–Kier alpha value is -3.12. The summed E-state index contributed by atoms with van der Waals surface area (Å²) in [6.07, 6.45) is 1.69. The molecule has 9 nitrogen and oxygen atoms in total. The number of nitrogens with zero attached hydrogens (tertiary/aromatic N) is 3. The molecule has 1 aliphatic heterocycles. The molecule has 1 unspecified atom stereocenters. The van der Waals surface area contributed by atoms with Gasteiger partial charge in [0.1, 0.15) is 11.7 Å². The number of carbonyl (C=O) groups is 1. The number of hydrazone groups is 1. The first-order valence-electron chi connectivity index (χ1n) is 9.56. The van der Waals surface area contributed by atoms with Gasteiger partial charge in [-0.2, -0.15) is 10.4 Å². The monoisotopic (exact) mass is 399 g/mol. The average Bonchev–Trinajstić information content (AvgIpc) is 2.66. The number of amidine groups is 1. The fourth-order valence-corrected chi connectivity index (χ4v) is 2.86. The minimum atomic E-state index is -0.490. The summed E-state index contributed by atoms with van der Waals surface area (Å²) in [5, 5.41) is 23.4. The lowest BCUT2D eigenvalue weighted by atomic mass is 10.1. The highest BCUT2D eigenvalue weighted by molar-refractivity contribution is 6.45. The molecule has 1 heterocycles. The molecule has 0 bridgehead atoms. The number of anilines is 1. The summed E-state index contributed by atoms with van der Waals surface area (Å²) in [6, 6.07) is 9.53. The van der Waals surface area contributed by atoms with E-state index in [1.54, 1.807) is 11.0 Å². The number of ether oxygens (including phenoxy) is 1. The number of hydrogen-bond donors (Lipinski definition) is 4. The number of carbonyl (C=O) groups excluding carboxylic acids is 1. The molecular weight excluding hydrogens is 370 g/mol. The highest BCUT2D eigenvalue weighted by Crippen LogP contribution is 2.16.